The monoisotopic (exact) mass is 867 g/mol. The second-order valence-electron chi connectivity index (χ2n) is 16.4. The number of ether oxygens (including phenoxy) is 5. The fourth-order valence-corrected chi connectivity index (χ4v) is 8.85. The van der Waals surface area contributed by atoms with Crippen molar-refractivity contribution >= 4 is 29.8 Å². The number of hydrogen-bond donors (Lipinski definition) is 3. The minimum atomic E-state index is -1.07. The topological polar surface area (TPSA) is 182 Å². The number of hydrogen-bond acceptors (Lipinski definition) is 13. The quantitative estimate of drug-likeness (QED) is 0.140. The molecule has 61 heavy (non-hydrogen) atoms. The van der Waals surface area contributed by atoms with E-state index < -0.39 is 17.5 Å². The Labute approximate surface area is 365 Å². The van der Waals surface area contributed by atoms with Gasteiger partial charge in [-0.25, -0.2) is 24.4 Å². The number of rotatable bonds is 16. The summed E-state index contributed by atoms with van der Waals surface area (Å²) in [5.74, 6) is 6.65. The van der Waals surface area contributed by atoms with Crippen LogP contribution < -0.4 is 5.32 Å². The van der Waals surface area contributed by atoms with E-state index in [0.717, 1.165) is 63.5 Å². The summed E-state index contributed by atoms with van der Waals surface area (Å²) in [7, 11) is 0. The number of aromatic carboxylic acids is 2. The number of amides is 1. The molecule has 3 N–H and O–H groups in total. The molecule has 0 radical (unpaired) electrons. The number of fused-ring (bicyclic) bond motifs is 1. The van der Waals surface area contributed by atoms with Gasteiger partial charge in [0.25, 0.3) is 0 Å². The summed E-state index contributed by atoms with van der Waals surface area (Å²) in [6.07, 6.45) is 8.82. The van der Waals surface area contributed by atoms with Crippen molar-refractivity contribution in [3.8, 4) is 11.8 Å². The standard InChI is InChI=1S/C45H65N5O10S/c1-44(35-61-29-9-5-8-18-46-43(55)59-34-45-17-7-4-2-3-6-12-36(45)30-45)33-58-25-21-49(31-37-13-10-15-39(47-37)41(51)52)19-23-56-27-28-57-24-20-50(22-26-60-44)32-38-14-11-16-40(48-38)42(53)54/h10-11,13-16,36H,4-9,12,17-35H2,1H3,(H,46,55)(H,51,52)(H,53,54)/t36-,44+,45?/m0/s1. The fourth-order valence-electron chi connectivity index (χ4n) is 7.70. The van der Waals surface area contributed by atoms with Crippen LogP contribution in [0.1, 0.15) is 97.1 Å². The Morgan fingerprint density at radius 3 is 2.11 bits per heavy atom. The number of alkyl carbamates (subject to hydrolysis) is 1. The third kappa shape index (κ3) is 17.8. The van der Waals surface area contributed by atoms with Gasteiger partial charge in [-0.05, 0) is 81.4 Å². The van der Waals surface area contributed by atoms with Crippen molar-refractivity contribution in [3.05, 3.63) is 59.2 Å². The minimum Gasteiger partial charge on any atom is -0.477 e. The number of nitrogens with one attached hydrogen (secondary N) is 1. The van der Waals surface area contributed by atoms with Crippen molar-refractivity contribution in [1.29, 1.82) is 0 Å². The van der Waals surface area contributed by atoms with Gasteiger partial charge in [0.05, 0.1) is 69.8 Å². The minimum absolute atomic E-state index is 0.00547. The highest BCUT2D eigenvalue weighted by Crippen LogP contribution is 2.58. The van der Waals surface area contributed by atoms with E-state index in [1.54, 1.807) is 12.1 Å². The van der Waals surface area contributed by atoms with Crippen molar-refractivity contribution in [2.45, 2.75) is 83.4 Å². The van der Waals surface area contributed by atoms with E-state index in [2.05, 4.69) is 43.8 Å². The van der Waals surface area contributed by atoms with Crippen molar-refractivity contribution < 1.29 is 48.3 Å². The second-order valence-corrected chi connectivity index (χ2v) is 17.5. The summed E-state index contributed by atoms with van der Waals surface area (Å²) in [5, 5.41) is 21.9. The van der Waals surface area contributed by atoms with Gasteiger partial charge in [0.1, 0.15) is 11.4 Å². The van der Waals surface area contributed by atoms with E-state index in [1.807, 2.05) is 23.9 Å². The van der Waals surface area contributed by atoms with Crippen molar-refractivity contribution in [3.63, 3.8) is 0 Å². The van der Waals surface area contributed by atoms with Crippen LogP contribution in [-0.4, -0.2) is 151 Å². The molecule has 5 rings (SSSR count). The molecule has 0 aromatic carbocycles. The van der Waals surface area contributed by atoms with Gasteiger partial charge >= 0.3 is 18.0 Å². The molecule has 2 aromatic rings. The number of thioether (sulfide) groups is 1. The number of pyridine rings is 2. The molecule has 16 heteroatoms. The van der Waals surface area contributed by atoms with Gasteiger partial charge in [-0.15, -0.1) is 11.8 Å². The average Bonchev–Trinajstić information content (AvgIpc) is 3.92. The van der Waals surface area contributed by atoms with Crippen LogP contribution in [0.15, 0.2) is 36.4 Å². The van der Waals surface area contributed by atoms with Crippen LogP contribution in [0.3, 0.4) is 0 Å². The highest BCUT2D eigenvalue weighted by molar-refractivity contribution is 7.99. The maximum atomic E-state index is 12.5. The van der Waals surface area contributed by atoms with Gasteiger partial charge in [0, 0.05) is 69.8 Å². The largest absolute Gasteiger partial charge is 0.477 e. The summed E-state index contributed by atoms with van der Waals surface area (Å²) in [6, 6.07) is 10.0. The fraction of sp³-hybridized carbons (Fsp3) is 0.667. The van der Waals surface area contributed by atoms with Gasteiger partial charge in [0.15, 0.2) is 0 Å². The predicted octanol–water partition coefficient (Wildman–Crippen LogP) is 5.62. The molecule has 2 aliphatic carbocycles. The molecule has 0 bridgehead atoms. The van der Waals surface area contributed by atoms with E-state index in [1.165, 1.54) is 12.1 Å². The summed E-state index contributed by atoms with van der Waals surface area (Å²) < 4.78 is 30.4. The Morgan fingerprint density at radius 2 is 1.46 bits per heavy atom. The van der Waals surface area contributed by atoms with E-state index in [0.29, 0.717) is 122 Å². The van der Waals surface area contributed by atoms with Crippen LogP contribution >= 0.6 is 11.8 Å². The predicted molar refractivity (Wildman–Crippen MR) is 232 cm³/mol. The Morgan fingerprint density at radius 1 is 0.836 bits per heavy atom. The molecular formula is C45H65N5O10S. The van der Waals surface area contributed by atoms with Crippen molar-refractivity contribution in [2.75, 3.05) is 97.1 Å². The Hall–Kier alpha value is -3.82. The first-order valence-electron chi connectivity index (χ1n) is 21.8. The number of nitrogens with zero attached hydrogens (tertiary/aromatic N) is 4. The number of carboxylic acid groups (broad SMARTS) is 2. The number of unbranched alkanes of at least 4 members (excludes halogenated alkanes) is 2. The number of carbonyl (C=O) groups is 3. The molecule has 0 spiro atoms. The molecule has 2 fully saturated rings. The first-order valence-corrected chi connectivity index (χ1v) is 22.9. The molecule has 1 saturated carbocycles. The second kappa shape index (κ2) is 26.0. The van der Waals surface area contributed by atoms with E-state index >= 15 is 0 Å². The summed E-state index contributed by atoms with van der Waals surface area (Å²) in [6.45, 7) is 9.32. The first kappa shape index (κ1) is 48.2. The molecule has 1 aliphatic heterocycles. The molecule has 3 heterocycles. The average molecular weight is 868 g/mol. The molecule has 3 atom stereocenters. The molecule has 1 amide bonds. The SMILES string of the molecule is C[C@]1(CSCCCCCNC(=O)OCC23CCCC#CCC[C@H]2C3)COCCN(Cc2cccc(C(=O)O)n2)CCOCCOCCN(Cc2cccc(C(=O)O)n2)CCO1. The normalized spacial score (nSPS) is 23.9. The maximum Gasteiger partial charge on any atom is 0.407 e. The van der Waals surface area contributed by atoms with Crippen LogP contribution in [0.4, 0.5) is 4.79 Å². The van der Waals surface area contributed by atoms with Crippen LogP contribution in [0.2, 0.25) is 0 Å². The lowest BCUT2D eigenvalue weighted by Crippen LogP contribution is -2.41. The molecule has 1 saturated heterocycles. The van der Waals surface area contributed by atoms with Gasteiger partial charge in [-0.3, -0.25) is 9.80 Å². The zero-order chi connectivity index (χ0) is 43.2. The lowest BCUT2D eigenvalue weighted by molar-refractivity contribution is -0.0808. The lowest BCUT2D eigenvalue weighted by atomic mass is 9.96. The van der Waals surface area contributed by atoms with Gasteiger partial charge in [-0.1, -0.05) is 18.6 Å². The van der Waals surface area contributed by atoms with Crippen LogP contribution in [0, 0.1) is 23.2 Å². The highest BCUT2D eigenvalue weighted by Gasteiger charge is 2.53. The number of carbonyl (C=O) groups excluding carboxylic acids is 1. The zero-order valence-corrected chi connectivity index (χ0v) is 36.6. The van der Waals surface area contributed by atoms with Crippen LogP contribution in [0.5, 0.6) is 0 Å². The van der Waals surface area contributed by atoms with Crippen molar-refractivity contribution in [2.24, 2.45) is 11.3 Å². The highest BCUT2D eigenvalue weighted by atomic mass is 32.2. The van der Waals surface area contributed by atoms with Crippen LogP contribution in [-0.2, 0) is 36.8 Å². The van der Waals surface area contributed by atoms with Gasteiger partial charge in [-0.2, -0.15) is 11.8 Å². The third-order valence-corrected chi connectivity index (χ3v) is 12.7. The molecule has 2 aromatic heterocycles. The third-order valence-electron chi connectivity index (χ3n) is 11.3. The molecule has 1 unspecified atom stereocenters. The number of carboxylic acids is 2. The number of aromatic nitrogens is 2. The molecule has 15 nitrogen and oxygen atoms in total. The van der Waals surface area contributed by atoms with Crippen molar-refractivity contribution in [1.82, 2.24) is 25.1 Å². The Bertz CT molecular complexity index is 1740. The van der Waals surface area contributed by atoms with Gasteiger partial charge in [0.2, 0.25) is 0 Å². The molecule has 3 aliphatic rings. The van der Waals surface area contributed by atoms with E-state index in [9.17, 15) is 24.6 Å². The first-order chi connectivity index (χ1) is 29.6. The zero-order valence-electron chi connectivity index (χ0n) is 35.8. The summed E-state index contributed by atoms with van der Waals surface area (Å²) in [4.78, 5) is 48.5. The van der Waals surface area contributed by atoms with E-state index in [4.69, 9.17) is 23.7 Å². The smallest absolute Gasteiger partial charge is 0.407 e. The van der Waals surface area contributed by atoms with Gasteiger partial charge < -0.3 is 39.2 Å². The summed E-state index contributed by atoms with van der Waals surface area (Å²) in [5.41, 5.74) is 0.881. The maximum absolute atomic E-state index is 12.5. The Balaban J connectivity index is 1.09. The van der Waals surface area contributed by atoms with E-state index in [-0.39, 0.29) is 22.9 Å². The van der Waals surface area contributed by atoms with Crippen LogP contribution in [0.25, 0.3) is 0 Å². The Kier molecular flexibility index (Phi) is 20.5. The lowest BCUT2D eigenvalue weighted by Gasteiger charge is -2.32. The summed E-state index contributed by atoms with van der Waals surface area (Å²) >= 11 is 1.82. The molecule has 336 valence electrons. The molecular weight excluding hydrogens is 803 g/mol.